The number of likely N-dealkylation sites (tertiary alicyclic amines) is 1. The van der Waals surface area contributed by atoms with Crippen molar-refractivity contribution in [2.24, 2.45) is 11.3 Å². The predicted octanol–water partition coefficient (Wildman–Crippen LogP) is 3.60. The van der Waals surface area contributed by atoms with Gasteiger partial charge in [-0.15, -0.1) is 12.4 Å². The average molecular weight is 721 g/mol. The SMILES string of the molecule is CC(C)N(C(=O)c1cc(F)ccc1Oc1cncnc1N1CC[C@@H](CN2CC3(CCN(S(=O)(=O)N4C[C@@H]5C[C@H]4CN5)CC3)C2)C1)C(C)C.Cl. The van der Waals surface area contributed by atoms with E-state index >= 15 is 0 Å². The summed E-state index contributed by atoms with van der Waals surface area (Å²) >= 11 is 0. The Morgan fingerprint density at radius 2 is 1.84 bits per heavy atom. The summed E-state index contributed by atoms with van der Waals surface area (Å²) in [5, 5.41) is 3.40. The van der Waals surface area contributed by atoms with E-state index < -0.39 is 16.0 Å². The number of nitrogens with zero attached hydrogens (tertiary/aromatic N) is 7. The van der Waals surface area contributed by atoms with Crippen molar-refractivity contribution in [3.05, 3.63) is 42.1 Å². The molecule has 5 saturated heterocycles. The van der Waals surface area contributed by atoms with Crippen LogP contribution >= 0.6 is 12.4 Å². The molecule has 0 aliphatic carbocycles. The van der Waals surface area contributed by atoms with Gasteiger partial charge in [0.2, 0.25) is 0 Å². The van der Waals surface area contributed by atoms with Gasteiger partial charge in [0.05, 0.1) is 11.8 Å². The Morgan fingerprint density at radius 3 is 2.49 bits per heavy atom. The third-order valence-electron chi connectivity index (χ3n) is 11.0. The summed E-state index contributed by atoms with van der Waals surface area (Å²) in [6, 6.07) is 4.33. The van der Waals surface area contributed by atoms with E-state index in [0.29, 0.717) is 43.2 Å². The summed E-state index contributed by atoms with van der Waals surface area (Å²) in [5.74, 6) is 1.04. The Hall–Kier alpha value is -2.62. The molecule has 5 fully saturated rings. The number of piperidine rings is 1. The quantitative estimate of drug-likeness (QED) is 0.394. The minimum atomic E-state index is -3.38. The molecule has 1 N–H and O–H groups in total. The summed E-state index contributed by atoms with van der Waals surface area (Å²) in [6.45, 7) is 15.0. The molecular weight excluding hydrogens is 671 g/mol. The summed E-state index contributed by atoms with van der Waals surface area (Å²) in [4.78, 5) is 28.8. The van der Waals surface area contributed by atoms with Crippen molar-refractivity contribution in [3.63, 3.8) is 0 Å². The normalized spacial score (nSPS) is 25.6. The van der Waals surface area contributed by atoms with Crippen LogP contribution in [0.5, 0.6) is 11.5 Å². The van der Waals surface area contributed by atoms with Gasteiger partial charge in [-0.25, -0.2) is 14.4 Å². The third-order valence-corrected chi connectivity index (χ3v) is 13.1. The van der Waals surface area contributed by atoms with Gasteiger partial charge in [-0.05, 0) is 82.9 Å². The molecule has 0 saturated carbocycles. The van der Waals surface area contributed by atoms with Gasteiger partial charge in [-0.2, -0.15) is 17.0 Å². The van der Waals surface area contributed by atoms with Crippen molar-refractivity contribution in [1.29, 1.82) is 0 Å². The molecule has 2 aromatic rings. The van der Waals surface area contributed by atoms with Crippen molar-refractivity contribution in [2.75, 3.05) is 63.8 Å². The zero-order chi connectivity index (χ0) is 33.8. The molecule has 5 aliphatic heterocycles. The number of piperazine rings is 1. The molecule has 1 spiro atoms. The zero-order valence-corrected chi connectivity index (χ0v) is 30.6. The van der Waals surface area contributed by atoms with Crippen molar-refractivity contribution < 1.29 is 22.3 Å². The molecule has 1 aromatic heterocycles. The van der Waals surface area contributed by atoms with Gasteiger partial charge in [0.15, 0.2) is 11.6 Å². The number of carbonyl (C=O) groups excluding carboxylic acids is 1. The third kappa shape index (κ3) is 7.14. The van der Waals surface area contributed by atoms with E-state index in [1.807, 2.05) is 27.7 Å². The van der Waals surface area contributed by atoms with Crippen molar-refractivity contribution in [1.82, 2.24) is 33.7 Å². The van der Waals surface area contributed by atoms with Gasteiger partial charge < -0.3 is 24.8 Å². The minimum absolute atomic E-state index is 0. The molecule has 1 amide bonds. The largest absolute Gasteiger partial charge is 0.451 e. The first-order valence-electron chi connectivity index (χ1n) is 17.5. The highest BCUT2D eigenvalue weighted by molar-refractivity contribution is 7.86. The fourth-order valence-electron chi connectivity index (χ4n) is 8.73. The standard InChI is InChI=1S/C34H49FN8O4S.ClH/c1-23(2)43(24(3)4)33(44)29-13-26(35)5-6-30(29)47-31-16-36-22-38-32(31)40-10-7-25(18-40)17-39-20-34(21-39)8-11-41(12-9-34)48(45,46)42-19-27-14-28(42)15-37-27;/h5-6,13,16,22-25,27-28,37H,7-12,14-15,17-21H2,1-4H3;1H/t25-,27-,28-;/m0./s1. The monoisotopic (exact) mass is 720 g/mol. The van der Waals surface area contributed by atoms with Crippen LogP contribution in [0.15, 0.2) is 30.7 Å². The number of benzene rings is 1. The Labute approximate surface area is 295 Å². The molecule has 5 aliphatic rings. The lowest BCUT2D eigenvalue weighted by molar-refractivity contribution is -0.0413. The van der Waals surface area contributed by atoms with Crippen LogP contribution in [0.25, 0.3) is 0 Å². The molecule has 7 rings (SSSR count). The van der Waals surface area contributed by atoms with Gasteiger partial charge in [0.25, 0.3) is 16.1 Å². The van der Waals surface area contributed by atoms with Gasteiger partial charge in [0.1, 0.15) is 17.9 Å². The second-order valence-electron chi connectivity index (χ2n) is 15.1. The van der Waals surface area contributed by atoms with E-state index in [1.54, 1.807) is 19.7 Å². The maximum Gasteiger partial charge on any atom is 0.282 e. The molecule has 15 heteroatoms. The van der Waals surface area contributed by atoms with E-state index in [4.69, 9.17) is 4.74 Å². The van der Waals surface area contributed by atoms with Gasteiger partial charge >= 0.3 is 0 Å². The van der Waals surface area contributed by atoms with E-state index in [2.05, 4.69) is 25.1 Å². The number of fused-ring (bicyclic) bond motifs is 2. The Morgan fingerprint density at radius 1 is 1.10 bits per heavy atom. The lowest BCUT2D eigenvalue weighted by Gasteiger charge is -2.54. The number of ether oxygens (including phenoxy) is 1. The molecule has 49 heavy (non-hydrogen) atoms. The van der Waals surface area contributed by atoms with E-state index in [-0.39, 0.29) is 53.2 Å². The molecular formula is C34H50ClFN8O4S. The molecule has 2 bridgehead atoms. The zero-order valence-electron chi connectivity index (χ0n) is 28.9. The van der Waals surface area contributed by atoms with Crippen LogP contribution in [-0.4, -0.2) is 126 Å². The Bertz CT molecular complexity index is 1610. The number of amides is 1. The van der Waals surface area contributed by atoms with E-state index in [1.165, 1.54) is 24.5 Å². The number of rotatable bonds is 10. The maximum absolute atomic E-state index is 14.4. The fourth-order valence-corrected chi connectivity index (χ4v) is 10.6. The van der Waals surface area contributed by atoms with Crippen molar-refractivity contribution in [3.8, 4) is 11.5 Å². The van der Waals surface area contributed by atoms with Crippen molar-refractivity contribution >= 4 is 34.3 Å². The summed E-state index contributed by atoms with van der Waals surface area (Å²) in [5.41, 5.74) is 0.385. The lowest BCUT2D eigenvalue weighted by atomic mass is 9.72. The second-order valence-corrected chi connectivity index (χ2v) is 17.0. The van der Waals surface area contributed by atoms with Crippen LogP contribution < -0.4 is 15.0 Å². The summed E-state index contributed by atoms with van der Waals surface area (Å²) in [6.07, 6.45) is 6.89. The van der Waals surface area contributed by atoms with E-state index in [0.717, 1.165) is 65.0 Å². The smallest absolute Gasteiger partial charge is 0.282 e. The van der Waals surface area contributed by atoms with Crippen molar-refractivity contribution in [2.45, 2.75) is 77.5 Å². The highest BCUT2D eigenvalue weighted by Gasteiger charge is 2.50. The highest BCUT2D eigenvalue weighted by Crippen LogP contribution is 2.43. The molecule has 270 valence electrons. The number of anilines is 1. The van der Waals surface area contributed by atoms with Crippen LogP contribution in [0.3, 0.4) is 0 Å². The van der Waals surface area contributed by atoms with Gasteiger partial charge in [0, 0.05) is 83.1 Å². The van der Waals surface area contributed by atoms with Gasteiger partial charge in [-0.3, -0.25) is 4.79 Å². The van der Waals surface area contributed by atoms with Crippen LogP contribution in [0.4, 0.5) is 10.2 Å². The maximum atomic E-state index is 14.4. The second kappa shape index (κ2) is 14.2. The minimum Gasteiger partial charge on any atom is -0.451 e. The number of nitrogens with one attached hydrogen (secondary N) is 1. The molecule has 0 radical (unpaired) electrons. The molecule has 6 heterocycles. The molecule has 1 aromatic carbocycles. The molecule has 0 unspecified atom stereocenters. The number of hydrogen-bond acceptors (Lipinski definition) is 9. The summed E-state index contributed by atoms with van der Waals surface area (Å²) < 4.78 is 50.9. The fraction of sp³-hybridized carbons (Fsp3) is 0.676. The van der Waals surface area contributed by atoms with Crippen LogP contribution in [0, 0.1) is 17.2 Å². The number of hydrogen-bond donors (Lipinski definition) is 1. The first-order valence-corrected chi connectivity index (χ1v) is 18.9. The van der Waals surface area contributed by atoms with Crippen LogP contribution in [-0.2, 0) is 10.2 Å². The first kappa shape index (κ1) is 36.2. The number of carbonyl (C=O) groups is 1. The molecule has 3 atom stereocenters. The molecule has 12 nitrogen and oxygen atoms in total. The number of halogens is 2. The topological polar surface area (TPSA) is 114 Å². The van der Waals surface area contributed by atoms with E-state index in [9.17, 15) is 17.6 Å². The van der Waals surface area contributed by atoms with Crippen LogP contribution in [0.1, 0.15) is 63.7 Å². The first-order chi connectivity index (χ1) is 22.9. The number of aromatic nitrogens is 2. The Kier molecular flexibility index (Phi) is 10.5. The Balaban J connectivity index is 0.00000417. The lowest BCUT2D eigenvalue weighted by Crippen LogP contribution is -2.62. The predicted molar refractivity (Wildman–Crippen MR) is 188 cm³/mol. The average Bonchev–Trinajstić information content (AvgIpc) is 3.80. The highest BCUT2D eigenvalue weighted by atomic mass is 35.5. The van der Waals surface area contributed by atoms with Gasteiger partial charge in [-0.1, -0.05) is 0 Å². The summed E-state index contributed by atoms with van der Waals surface area (Å²) in [7, 11) is -3.38. The van der Waals surface area contributed by atoms with Crippen LogP contribution in [0.2, 0.25) is 0 Å².